The molecule has 1 heterocycles. The lowest BCUT2D eigenvalue weighted by Crippen LogP contribution is -2.14. The first kappa shape index (κ1) is 19.7. The summed E-state index contributed by atoms with van der Waals surface area (Å²) in [5.41, 5.74) is 1.56. The van der Waals surface area contributed by atoms with E-state index in [2.05, 4.69) is 26.6 Å². The van der Waals surface area contributed by atoms with Crippen molar-refractivity contribution >= 4 is 49.9 Å². The number of anilines is 2. The van der Waals surface area contributed by atoms with Crippen LogP contribution in [-0.4, -0.2) is 18.9 Å². The van der Waals surface area contributed by atoms with Gasteiger partial charge in [-0.1, -0.05) is 40.2 Å². The van der Waals surface area contributed by atoms with E-state index in [1.54, 1.807) is 36.4 Å². The second-order valence-corrected chi connectivity index (χ2v) is 7.30. The molecule has 0 unspecified atom stereocenters. The van der Waals surface area contributed by atoms with E-state index in [4.69, 9.17) is 9.15 Å². The van der Waals surface area contributed by atoms with Crippen LogP contribution < -0.4 is 15.4 Å². The minimum Gasteiger partial charge on any atom is -0.494 e. The molecule has 4 aromatic rings. The monoisotopic (exact) mass is 464 g/mol. The number of fused-ring (bicyclic) bond motifs is 1. The number of halogens is 1. The summed E-state index contributed by atoms with van der Waals surface area (Å²) < 4.78 is 11.4. The summed E-state index contributed by atoms with van der Waals surface area (Å²) in [6.45, 7) is 0. The van der Waals surface area contributed by atoms with Gasteiger partial charge in [-0.05, 0) is 47.2 Å². The average molecular weight is 465 g/mol. The van der Waals surface area contributed by atoms with Gasteiger partial charge in [0, 0.05) is 21.8 Å². The molecule has 0 aliphatic rings. The number of rotatable bonds is 5. The third-order valence-electron chi connectivity index (χ3n) is 4.57. The molecule has 1 aromatic heterocycles. The van der Waals surface area contributed by atoms with Gasteiger partial charge in [-0.15, -0.1) is 0 Å². The van der Waals surface area contributed by atoms with E-state index in [9.17, 15) is 9.59 Å². The largest absolute Gasteiger partial charge is 0.494 e. The van der Waals surface area contributed by atoms with Gasteiger partial charge in [0.15, 0.2) is 5.76 Å². The molecule has 0 aliphatic carbocycles. The van der Waals surface area contributed by atoms with Crippen LogP contribution in [0.3, 0.4) is 0 Å². The lowest BCUT2D eigenvalue weighted by Gasteiger charge is -2.13. The second-order valence-electron chi connectivity index (χ2n) is 6.44. The number of methoxy groups -OCH3 is 1. The van der Waals surface area contributed by atoms with Crippen LogP contribution >= 0.6 is 15.9 Å². The zero-order valence-electron chi connectivity index (χ0n) is 15.9. The fourth-order valence-electron chi connectivity index (χ4n) is 3.13. The maximum absolute atomic E-state index is 12.9. The van der Waals surface area contributed by atoms with Gasteiger partial charge in [-0.3, -0.25) is 9.59 Å². The third-order valence-corrected chi connectivity index (χ3v) is 5.26. The first-order valence-electron chi connectivity index (χ1n) is 9.08. The number of amides is 2. The highest BCUT2D eigenvalue weighted by Gasteiger charge is 2.15. The number of carbonyl (C=O) groups is 2. The Morgan fingerprint density at radius 3 is 2.47 bits per heavy atom. The molecule has 4 rings (SSSR count). The molecule has 0 saturated carbocycles. The molecule has 0 atom stereocenters. The summed E-state index contributed by atoms with van der Waals surface area (Å²) in [6, 6.07) is 19.5. The van der Waals surface area contributed by atoms with Gasteiger partial charge in [-0.25, -0.2) is 0 Å². The molecule has 0 radical (unpaired) electrons. The quantitative estimate of drug-likeness (QED) is 0.396. The smallest absolute Gasteiger partial charge is 0.291 e. The third kappa shape index (κ3) is 3.92. The molecule has 3 aromatic carbocycles. The number of hydrogen-bond acceptors (Lipinski definition) is 4. The predicted octanol–water partition coefficient (Wildman–Crippen LogP) is 5.71. The normalized spacial score (nSPS) is 10.6. The minimum atomic E-state index is -0.392. The van der Waals surface area contributed by atoms with Crippen LogP contribution in [0.5, 0.6) is 5.75 Å². The molecule has 0 saturated heterocycles. The van der Waals surface area contributed by atoms with E-state index in [0.717, 1.165) is 15.2 Å². The van der Waals surface area contributed by atoms with Crippen LogP contribution in [0.15, 0.2) is 81.9 Å². The Morgan fingerprint density at radius 1 is 0.900 bits per heavy atom. The number of furan rings is 1. The first-order valence-corrected chi connectivity index (χ1v) is 9.87. The van der Waals surface area contributed by atoms with Crippen molar-refractivity contribution in [2.24, 2.45) is 0 Å². The van der Waals surface area contributed by atoms with Crippen LogP contribution in [0, 0.1) is 0 Å². The summed E-state index contributed by atoms with van der Waals surface area (Å²) >= 11 is 3.52. The summed E-state index contributed by atoms with van der Waals surface area (Å²) in [6.07, 6.45) is 1.43. The Morgan fingerprint density at radius 2 is 1.70 bits per heavy atom. The zero-order chi connectivity index (χ0) is 21.1. The standard InChI is InChI=1S/C23H17BrN2O4/c1-29-21-13-14(10-11-19(21)26-23(28)20-9-4-12-30-20)25-22(27)17-7-2-6-16-15(17)5-3-8-18(16)24/h2-13H,1H3,(H,25,27)(H,26,28). The van der Waals surface area contributed by atoms with E-state index in [-0.39, 0.29) is 11.7 Å². The van der Waals surface area contributed by atoms with Crippen molar-refractivity contribution in [2.45, 2.75) is 0 Å². The van der Waals surface area contributed by atoms with E-state index >= 15 is 0 Å². The molecule has 30 heavy (non-hydrogen) atoms. The van der Waals surface area contributed by atoms with E-state index in [1.807, 2.05) is 30.3 Å². The minimum absolute atomic E-state index is 0.191. The molecular weight excluding hydrogens is 448 g/mol. The van der Waals surface area contributed by atoms with Crippen molar-refractivity contribution in [1.29, 1.82) is 0 Å². The van der Waals surface area contributed by atoms with Gasteiger partial charge in [0.25, 0.3) is 11.8 Å². The van der Waals surface area contributed by atoms with Crippen molar-refractivity contribution in [2.75, 3.05) is 17.7 Å². The highest BCUT2D eigenvalue weighted by Crippen LogP contribution is 2.30. The van der Waals surface area contributed by atoms with Gasteiger partial charge < -0.3 is 19.8 Å². The summed E-state index contributed by atoms with van der Waals surface area (Å²) in [7, 11) is 1.49. The highest BCUT2D eigenvalue weighted by atomic mass is 79.9. The molecule has 2 amide bonds. The maximum Gasteiger partial charge on any atom is 0.291 e. The molecular formula is C23H17BrN2O4. The van der Waals surface area contributed by atoms with Gasteiger partial charge in [0.1, 0.15) is 5.75 Å². The number of benzene rings is 3. The number of nitrogens with one attached hydrogen (secondary N) is 2. The Kier molecular flexibility index (Phi) is 5.54. The fourth-order valence-corrected chi connectivity index (χ4v) is 3.63. The molecule has 6 nitrogen and oxygen atoms in total. The van der Waals surface area contributed by atoms with Gasteiger partial charge in [0.2, 0.25) is 0 Å². The molecule has 150 valence electrons. The van der Waals surface area contributed by atoms with E-state index in [0.29, 0.717) is 22.7 Å². The second kappa shape index (κ2) is 8.42. The number of ether oxygens (including phenoxy) is 1. The van der Waals surface area contributed by atoms with Crippen molar-refractivity contribution in [3.8, 4) is 5.75 Å². The van der Waals surface area contributed by atoms with Crippen LogP contribution in [0.4, 0.5) is 11.4 Å². The predicted molar refractivity (Wildman–Crippen MR) is 119 cm³/mol. The van der Waals surface area contributed by atoms with Crippen LogP contribution in [0.1, 0.15) is 20.9 Å². The highest BCUT2D eigenvalue weighted by molar-refractivity contribution is 9.10. The zero-order valence-corrected chi connectivity index (χ0v) is 17.5. The van der Waals surface area contributed by atoms with Crippen molar-refractivity contribution in [3.63, 3.8) is 0 Å². The molecule has 0 bridgehead atoms. The van der Waals surface area contributed by atoms with Gasteiger partial charge in [0.05, 0.1) is 19.1 Å². The van der Waals surface area contributed by atoms with Gasteiger partial charge in [-0.2, -0.15) is 0 Å². The molecule has 2 N–H and O–H groups in total. The van der Waals surface area contributed by atoms with Gasteiger partial charge >= 0.3 is 0 Å². The summed E-state index contributed by atoms with van der Waals surface area (Å²) in [5, 5.41) is 7.42. The summed E-state index contributed by atoms with van der Waals surface area (Å²) in [5.74, 6) is -0.0329. The van der Waals surface area contributed by atoms with Crippen molar-refractivity contribution in [1.82, 2.24) is 0 Å². The van der Waals surface area contributed by atoms with Crippen LogP contribution in [-0.2, 0) is 0 Å². The lowest BCUT2D eigenvalue weighted by atomic mass is 10.0. The Hall–Kier alpha value is -3.58. The maximum atomic E-state index is 12.9. The fraction of sp³-hybridized carbons (Fsp3) is 0.0435. The number of carbonyl (C=O) groups excluding carboxylic acids is 2. The van der Waals surface area contributed by atoms with Crippen LogP contribution in [0.2, 0.25) is 0 Å². The summed E-state index contributed by atoms with van der Waals surface area (Å²) in [4.78, 5) is 25.1. The first-order chi connectivity index (χ1) is 14.6. The molecule has 7 heteroatoms. The Balaban J connectivity index is 1.57. The van der Waals surface area contributed by atoms with Crippen molar-refractivity contribution < 1.29 is 18.7 Å². The number of hydrogen-bond donors (Lipinski definition) is 2. The van der Waals surface area contributed by atoms with E-state index in [1.165, 1.54) is 13.4 Å². The molecule has 0 aliphatic heterocycles. The Labute approximate surface area is 181 Å². The van der Waals surface area contributed by atoms with Crippen LogP contribution in [0.25, 0.3) is 10.8 Å². The van der Waals surface area contributed by atoms with Crippen molar-refractivity contribution in [3.05, 3.63) is 88.8 Å². The molecule has 0 fully saturated rings. The SMILES string of the molecule is COc1cc(NC(=O)c2cccc3c(Br)cccc23)ccc1NC(=O)c1ccco1. The molecule has 0 spiro atoms. The Bertz CT molecular complexity index is 1240. The lowest BCUT2D eigenvalue weighted by molar-refractivity contribution is 0.0994. The van der Waals surface area contributed by atoms with E-state index < -0.39 is 5.91 Å². The average Bonchev–Trinajstić information content (AvgIpc) is 3.30. The topological polar surface area (TPSA) is 80.6 Å².